The summed E-state index contributed by atoms with van der Waals surface area (Å²) in [6.45, 7) is 4.77. The number of aliphatic hydroxyl groups is 1. The Hall–Kier alpha value is -3.76. The van der Waals surface area contributed by atoms with Gasteiger partial charge in [-0.1, -0.05) is 312 Å². The minimum absolute atomic E-state index is 0.0790. The standard InChI is InChI=1S/C85H152O17P2/c1-5-9-13-17-21-25-29-33-37-38-39-40-44-46-50-54-58-62-66-70-83(88)96-76-81(102-85(90)72-68-64-60-56-52-48-43-36-32-28-24-20-16-12-8-4)78-100-104(93,94)98-74-79(86)73-97-103(91,92)99-77-80(101-84(89)71-67-63-59-55-51-47-42-35-31-27-23-19-15-11-7-3)75-95-82(87)69-65-61-57-53-49-45-41-34-30-26-22-18-14-10-6-2/h9,13,21,25,27,31,33,36-37,39-40,43,46,50,79-81,86H,5-8,10-12,14-20,22-24,26,28-30,32,34-35,38,41-42,44-45,47-49,51-78H2,1-4H3,(H,91,92)(H,93,94)/b13-9-,25-21-,31-27-,37-33-,40-39-,43-36-,50-46-/t79-,80+,81+/m0/s1. The summed E-state index contributed by atoms with van der Waals surface area (Å²) in [5.41, 5.74) is 0. The molecule has 0 bridgehead atoms. The van der Waals surface area contributed by atoms with Crippen LogP contribution in [0.15, 0.2) is 85.1 Å². The van der Waals surface area contributed by atoms with Crippen LogP contribution in [0.25, 0.3) is 0 Å². The third-order valence-corrected chi connectivity index (χ3v) is 19.7. The fraction of sp³-hybridized carbons (Fsp3) is 0.788. The maximum absolute atomic E-state index is 13.1. The predicted molar refractivity (Wildman–Crippen MR) is 427 cm³/mol. The second-order valence-electron chi connectivity index (χ2n) is 28.0. The van der Waals surface area contributed by atoms with E-state index in [2.05, 4.69) is 113 Å². The van der Waals surface area contributed by atoms with Gasteiger partial charge in [0.2, 0.25) is 0 Å². The quantitative estimate of drug-likeness (QED) is 0.0169. The average Bonchev–Trinajstić information content (AvgIpc) is 0.918. The van der Waals surface area contributed by atoms with E-state index in [1.807, 2.05) is 0 Å². The molecule has 0 fully saturated rings. The van der Waals surface area contributed by atoms with Gasteiger partial charge in [-0.25, -0.2) is 9.13 Å². The van der Waals surface area contributed by atoms with Crippen molar-refractivity contribution < 1.29 is 80.2 Å². The molecule has 17 nitrogen and oxygen atoms in total. The summed E-state index contributed by atoms with van der Waals surface area (Å²) in [7, 11) is -9.96. The van der Waals surface area contributed by atoms with Gasteiger partial charge in [0.25, 0.3) is 0 Å². The lowest BCUT2D eigenvalue weighted by atomic mass is 10.0. The van der Waals surface area contributed by atoms with Crippen molar-refractivity contribution in [1.29, 1.82) is 0 Å². The lowest BCUT2D eigenvalue weighted by Crippen LogP contribution is -2.30. The van der Waals surface area contributed by atoms with E-state index in [0.29, 0.717) is 25.7 Å². The molecule has 0 aromatic heterocycles. The Bertz CT molecular complexity index is 2300. The first kappa shape index (κ1) is 100. The van der Waals surface area contributed by atoms with Gasteiger partial charge >= 0.3 is 39.5 Å². The van der Waals surface area contributed by atoms with Crippen molar-refractivity contribution in [2.75, 3.05) is 39.6 Å². The molecule has 5 atom stereocenters. The molecule has 3 N–H and O–H groups in total. The molecule has 0 aliphatic rings. The smallest absolute Gasteiger partial charge is 0.462 e. The van der Waals surface area contributed by atoms with Crippen LogP contribution in [0.5, 0.6) is 0 Å². The van der Waals surface area contributed by atoms with Crippen LogP contribution in [0.4, 0.5) is 0 Å². The lowest BCUT2D eigenvalue weighted by molar-refractivity contribution is -0.161. The van der Waals surface area contributed by atoms with Crippen molar-refractivity contribution in [1.82, 2.24) is 0 Å². The number of esters is 4. The number of unbranched alkanes of at least 4 members (excludes halogenated alkanes) is 39. The largest absolute Gasteiger partial charge is 0.472 e. The van der Waals surface area contributed by atoms with E-state index in [-0.39, 0.29) is 25.7 Å². The topological polar surface area (TPSA) is 237 Å². The molecule has 0 amide bonds. The van der Waals surface area contributed by atoms with Gasteiger partial charge < -0.3 is 33.8 Å². The van der Waals surface area contributed by atoms with Crippen molar-refractivity contribution >= 4 is 39.5 Å². The molecule has 2 unspecified atom stereocenters. The number of phosphoric ester groups is 2. The molecule has 0 radical (unpaired) electrons. The molecule has 0 aromatic carbocycles. The van der Waals surface area contributed by atoms with Gasteiger partial charge in [0.1, 0.15) is 19.3 Å². The molecular formula is C85H152O17P2. The fourth-order valence-corrected chi connectivity index (χ4v) is 13.1. The number of rotatable bonds is 79. The number of allylic oxidation sites excluding steroid dienone is 14. The highest BCUT2D eigenvalue weighted by atomic mass is 31.2. The first-order valence-corrected chi connectivity index (χ1v) is 44.8. The van der Waals surface area contributed by atoms with Crippen LogP contribution in [0.1, 0.15) is 374 Å². The third kappa shape index (κ3) is 76.4. The Morgan fingerprint density at radius 3 is 0.798 bits per heavy atom. The van der Waals surface area contributed by atoms with Crippen molar-refractivity contribution in [3.8, 4) is 0 Å². The van der Waals surface area contributed by atoms with Gasteiger partial charge in [-0.3, -0.25) is 37.3 Å². The van der Waals surface area contributed by atoms with E-state index >= 15 is 0 Å². The maximum Gasteiger partial charge on any atom is 0.472 e. The van der Waals surface area contributed by atoms with Crippen molar-refractivity contribution in [2.24, 2.45) is 0 Å². The van der Waals surface area contributed by atoms with E-state index in [4.69, 9.17) is 37.0 Å². The molecule has 0 saturated heterocycles. The van der Waals surface area contributed by atoms with E-state index in [1.165, 1.54) is 135 Å². The highest BCUT2D eigenvalue weighted by molar-refractivity contribution is 7.47. The summed E-state index contributed by atoms with van der Waals surface area (Å²) in [6.07, 6.45) is 81.2. The summed E-state index contributed by atoms with van der Waals surface area (Å²) in [4.78, 5) is 73.1. The molecule has 0 aliphatic carbocycles. The van der Waals surface area contributed by atoms with E-state index < -0.39 is 97.5 Å². The minimum Gasteiger partial charge on any atom is -0.462 e. The summed E-state index contributed by atoms with van der Waals surface area (Å²) < 4.78 is 68.7. The van der Waals surface area contributed by atoms with Gasteiger partial charge in [-0.15, -0.1) is 0 Å². The molecule has 104 heavy (non-hydrogen) atoms. The summed E-state index contributed by atoms with van der Waals surface area (Å²) >= 11 is 0. The second-order valence-corrected chi connectivity index (χ2v) is 30.9. The fourth-order valence-electron chi connectivity index (χ4n) is 11.5. The Labute approximate surface area is 634 Å². The number of carbonyl (C=O) groups excluding carboxylic acids is 4. The van der Waals surface area contributed by atoms with Crippen LogP contribution in [-0.2, 0) is 65.4 Å². The van der Waals surface area contributed by atoms with Crippen molar-refractivity contribution in [3.63, 3.8) is 0 Å². The number of carbonyl (C=O) groups is 4. The minimum atomic E-state index is -4.99. The highest BCUT2D eigenvalue weighted by Gasteiger charge is 2.30. The van der Waals surface area contributed by atoms with E-state index in [1.54, 1.807) is 0 Å². The first-order valence-electron chi connectivity index (χ1n) is 41.8. The maximum atomic E-state index is 13.1. The molecule has 0 spiro atoms. The Kier molecular flexibility index (Phi) is 74.6. The van der Waals surface area contributed by atoms with E-state index in [0.717, 1.165) is 161 Å². The van der Waals surface area contributed by atoms with Gasteiger partial charge in [0.15, 0.2) is 12.2 Å². The lowest BCUT2D eigenvalue weighted by Gasteiger charge is -2.21. The molecule has 604 valence electrons. The molecule has 0 saturated carbocycles. The Morgan fingerprint density at radius 1 is 0.279 bits per heavy atom. The second kappa shape index (κ2) is 77.4. The summed E-state index contributed by atoms with van der Waals surface area (Å²) in [5.74, 6) is -2.20. The van der Waals surface area contributed by atoms with Crippen LogP contribution in [0, 0.1) is 0 Å². The number of aliphatic hydroxyl groups excluding tert-OH is 1. The summed E-state index contributed by atoms with van der Waals surface area (Å²) in [6, 6.07) is 0. The van der Waals surface area contributed by atoms with Crippen LogP contribution in [-0.4, -0.2) is 96.7 Å². The monoisotopic (exact) mass is 1510 g/mol. The SMILES string of the molecule is CC/C=C\C/C=C\C/C=C\C/C=C\C/C=C\CCCCCC(=O)OC[C@H](COP(=O)(O)OC[C@@H](O)COP(=O)(O)OC[C@@H](COC(=O)CCCCCCCCCCCCCCCCC)OC(=O)CCCCCCCCC/C=C\CCCCCC)OC(=O)CCCCCCC/C=C\CCCCCCCC. The zero-order valence-corrected chi connectivity index (χ0v) is 68.0. The summed E-state index contributed by atoms with van der Waals surface area (Å²) in [5, 5.41) is 10.7. The van der Waals surface area contributed by atoms with Crippen LogP contribution in [0.3, 0.4) is 0 Å². The highest BCUT2D eigenvalue weighted by Crippen LogP contribution is 2.45. The predicted octanol–water partition coefficient (Wildman–Crippen LogP) is 24.6. The van der Waals surface area contributed by atoms with Gasteiger partial charge in [0.05, 0.1) is 26.4 Å². The van der Waals surface area contributed by atoms with Gasteiger partial charge in [-0.2, -0.15) is 0 Å². The van der Waals surface area contributed by atoms with Crippen molar-refractivity contribution in [2.45, 2.75) is 393 Å². The Balaban J connectivity index is 5.37. The zero-order valence-electron chi connectivity index (χ0n) is 66.2. The number of ether oxygens (including phenoxy) is 4. The number of phosphoric acid groups is 2. The molecule has 0 aromatic rings. The molecule has 0 heterocycles. The Morgan fingerprint density at radius 2 is 0.500 bits per heavy atom. The average molecular weight is 1510 g/mol. The zero-order chi connectivity index (χ0) is 76.0. The van der Waals surface area contributed by atoms with Crippen LogP contribution < -0.4 is 0 Å². The normalized spacial score (nSPS) is 14.3. The molecule has 19 heteroatoms. The first-order chi connectivity index (χ1) is 50.7. The number of hydrogen-bond acceptors (Lipinski definition) is 15. The van der Waals surface area contributed by atoms with Gasteiger partial charge in [0, 0.05) is 25.7 Å². The van der Waals surface area contributed by atoms with Crippen molar-refractivity contribution in [3.05, 3.63) is 85.1 Å². The molecule has 0 aliphatic heterocycles. The number of hydrogen-bond donors (Lipinski definition) is 3. The third-order valence-electron chi connectivity index (χ3n) is 17.8. The van der Waals surface area contributed by atoms with Crippen LogP contribution in [0.2, 0.25) is 0 Å². The molecule has 0 rings (SSSR count). The van der Waals surface area contributed by atoms with Gasteiger partial charge in [-0.05, 0) is 122 Å². The molecular weight excluding hydrogens is 1350 g/mol. The van der Waals surface area contributed by atoms with Crippen LogP contribution >= 0.6 is 15.6 Å². The van der Waals surface area contributed by atoms with E-state index in [9.17, 15) is 43.2 Å².